The smallest absolute Gasteiger partial charge is 0.237 e. The van der Waals surface area contributed by atoms with Gasteiger partial charge in [0.25, 0.3) is 0 Å². The molecule has 2 saturated heterocycles. The van der Waals surface area contributed by atoms with Crippen molar-refractivity contribution in [2.75, 3.05) is 95.1 Å². The first-order chi connectivity index (χ1) is 29.6. The van der Waals surface area contributed by atoms with E-state index in [0.717, 1.165) is 146 Å². The van der Waals surface area contributed by atoms with Gasteiger partial charge in [0.15, 0.2) is 0 Å². The Balaban J connectivity index is 0.000000138. The maximum atomic E-state index is 13.4. The van der Waals surface area contributed by atoms with E-state index in [9.17, 15) is 4.79 Å². The monoisotopic (exact) mass is 824 g/mol. The van der Waals surface area contributed by atoms with Crippen molar-refractivity contribution in [1.82, 2.24) is 40.2 Å². The van der Waals surface area contributed by atoms with Crippen LogP contribution in [0, 0.1) is 0 Å². The fourth-order valence-electron chi connectivity index (χ4n) is 11.2. The molecule has 0 saturated carbocycles. The van der Waals surface area contributed by atoms with E-state index >= 15 is 0 Å². The van der Waals surface area contributed by atoms with Crippen molar-refractivity contribution in [2.24, 2.45) is 0 Å². The van der Waals surface area contributed by atoms with E-state index in [4.69, 9.17) is 9.47 Å². The Labute approximate surface area is 357 Å². The molecule has 2 aliphatic carbocycles. The van der Waals surface area contributed by atoms with E-state index in [1.54, 1.807) is 0 Å². The van der Waals surface area contributed by atoms with Crippen LogP contribution in [-0.2, 0) is 50.8 Å². The maximum Gasteiger partial charge on any atom is 0.237 e. The van der Waals surface area contributed by atoms with Gasteiger partial charge in [-0.15, -0.1) is 0 Å². The molecule has 2 aromatic carbocycles. The molecule has 4 aromatic heterocycles. The van der Waals surface area contributed by atoms with Crippen LogP contribution in [0.4, 0.5) is 11.4 Å². The fourth-order valence-corrected chi connectivity index (χ4v) is 11.2. The number of rotatable bonds is 6. The standard InChI is InChI=1S/C24H29N5O2.C24H31N5O/c1-24(2)18-13-19-17(16-5-3-4-15-14-25-27-21(15)22(16)26-19)12-20(18)29(23(24)30)7-6-28-8-10-31-11-9-28;1-24(2)15-29(7-6-28-8-10-30-11-9-28)21-12-18-17-5-3-4-16-14-25-27-22(16)23(17)26-20(18)13-19(21)24/h12-14,26H,3-11H2,1-2H3,(H,25,27);12-14,26H,3-11,15H2,1-2H3,(H,25,27). The summed E-state index contributed by atoms with van der Waals surface area (Å²) < 4.78 is 11.0. The average Bonchev–Trinajstić information content (AvgIpc) is 4.10. The third kappa shape index (κ3) is 6.70. The summed E-state index contributed by atoms with van der Waals surface area (Å²) in [6.45, 7) is 21.0. The molecular weight excluding hydrogens is 765 g/mol. The normalized spacial score (nSPS) is 20.7. The van der Waals surface area contributed by atoms with Gasteiger partial charge >= 0.3 is 0 Å². The van der Waals surface area contributed by atoms with E-state index < -0.39 is 5.41 Å². The first kappa shape index (κ1) is 38.9. The maximum absolute atomic E-state index is 13.4. The molecule has 6 aliphatic rings. The quantitative estimate of drug-likeness (QED) is 0.150. The van der Waals surface area contributed by atoms with E-state index in [1.165, 1.54) is 67.6 Å². The molecule has 12 rings (SSSR count). The first-order valence-corrected chi connectivity index (χ1v) is 22.7. The molecule has 320 valence electrons. The lowest BCUT2D eigenvalue weighted by Gasteiger charge is -2.30. The molecule has 13 heteroatoms. The van der Waals surface area contributed by atoms with Crippen LogP contribution in [0.25, 0.3) is 44.6 Å². The summed E-state index contributed by atoms with van der Waals surface area (Å²) in [4.78, 5) is 30.4. The van der Waals surface area contributed by atoms with Gasteiger partial charge in [0.1, 0.15) is 0 Å². The Morgan fingerprint density at radius 2 is 1.15 bits per heavy atom. The van der Waals surface area contributed by atoms with Crippen molar-refractivity contribution < 1.29 is 14.3 Å². The minimum atomic E-state index is -0.518. The first-order valence-electron chi connectivity index (χ1n) is 22.7. The SMILES string of the molecule is CC1(C)C(=O)N(CCN2CCOCC2)c2cc3c4c([nH]c3cc21)-c1[nH]ncc1CCC4.CC1(C)CN(CCN2CCOCC2)c2cc3c4c([nH]c3cc21)-c1[nH]ncc1CCC4. The number of benzene rings is 2. The summed E-state index contributed by atoms with van der Waals surface area (Å²) in [7, 11) is 0. The highest BCUT2D eigenvalue weighted by Gasteiger charge is 2.44. The number of ether oxygens (including phenoxy) is 2. The summed E-state index contributed by atoms with van der Waals surface area (Å²) in [5.41, 5.74) is 17.2. The molecule has 61 heavy (non-hydrogen) atoms. The van der Waals surface area contributed by atoms with Crippen molar-refractivity contribution in [2.45, 2.75) is 77.0 Å². The molecule has 13 nitrogen and oxygen atoms in total. The summed E-state index contributed by atoms with van der Waals surface area (Å²) in [6, 6.07) is 9.36. The molecule has 4 aliphatic heterocycles. The summed E-state index contributed by atoms with van der Waals surface area (Å²) in [5, 5.41) is 17.7. The van der Waals surface area contributed by atoms with Gasteiger partial charge in [-0.25, -0.2) is 0 Å². The molecule has 6 aromatic rings. The number of anilines is 2. The van der Waals surface area contributed by atoms with Gasteiger partial charge < -0.3 is 29.2 Å². The molecule has 2 fully saturated rings. The Bertz CT molecular complexity index is 2620. The molecule has 0 bridgehead atoms. The Morgan fingerprint density at radius 1 is 0.623 bits per heavy atom. The van der Waals surface area contributed by atoms with Crippen LogP contribution in [0.1, 0.15) is 73.9 Å². The predicted molar refractivity (Wildman–Crippen MR) is 241 cm³/mol. The summed E-state index contributed by atoms with van der Waals surface area (Å²) in [5.74, 6) is 0.199. The van der Waals surface area contributed by atoms with Crippen molar-refractivity contribution >= 4 is 39.1 Å². The van der Waals surface area contributed by atoms with E-state index in [-0.39, 0.29) is 11.3 Å². The second-order valence-electron chi connectivity index (χ2n) is 19.3. The molecule has 0 spiro atoms. The van der Waals surface area contributed by atoms with E-state index in [1.807, 2.05) is 17.3 Å². The molecule has 1 amide bonds. The molecule has 0 unspecified atom stereocenters. The number of carbonyl (C=O) groups excluding carboxylic acids is 1. The lowest BCUT2D eigenvalue weighted by molar-refractivity contribution is -0.122. The van der Waals surface area contributed by atoms with E-state index in [2.05, 4.69) is 97.0 Å². The zero-order valence-electron chi connectivity index (χ0n) is 36.3. The number of nitrogens with one attached hydrogen (secondary N) is 4. The zero-order chi connectivity index (χ0) is 41.5. The van der Waals surface area contributed by atoms with Crippen LogP contribution >= 0.6 is 0 Å². The number of H-pyrrole nitrogens is 4. The van der Waals surface area contributed by atoms with Crippen LogP contribution < -0.4 is 9.80 Å². The molecule has 0 radical (unpaired) electrons. The highest BCUT2D eigenvalue weighted by molar-refractivity contribution is 6.10. The van der Waals surface area contributed by atoms with Gasteiger partial charge in [-0.2, -0.15) is 10.2 Å². The lowest BCUT2D eigenvalue weighted by Crippen LogP contribution is -2.44. The van der Waals surface area contributed by atoms with Crippen molar-refractivity contribution in [3.63, 3.8) is 0 Å². The number of aryl methyl sites for hydroxylation is 4. The summed E-state index contributed by atoms with van der Waals surface area (Å²) >= 11 is 0. The van der Waals surface area contributed by atoms with Crippen LogP contribution in [-0.4, -0.2) is 131 Å². The van der Waals surface area contributed by atoms with Gasteiger partial charge in [0.05, 0.1) is 67.0 Å². The largest absolute Gasteiger partial charge is 0.379 e. The molecule has 8 heterocycles. The second kappa shape index (κ2) is 15.1. The number of carbonyl (C=O) groups is 1. The predicted octanol–water partition coefficient (Wildman–Crippen LogP) is 6.48. The topological polar surface area (TPSA) is 137 Å². The molecule has 4 N–H and O–H groups in total. The minimum Gasteiger partial charge on any atom is -0.379 e. The van der Waals surface area contributed by atoms with Gasteiger partial charge in [-0.1, -0.05) is 13.8 Å². The van der Waals surface area contributed by atoms with Crippen molar-refractivity contribution in [3.8, 4) is 22.8 Å². The van der Waals surface area contributed by atoms with E-state index in [0.29, 0.717) is 0 Å². The van der Waals surface area contributed by atoms with Gasteiger partial charge in [-0.05, 0) is 110 Å². The zero-order valence-corrected chi connectivity index (χ0v) is 36.3. The second-order valence-corrected chi connectivity index (χ2v) is 19.3. The van der Waals surface area contributed by atoms with Crippen LogP contribution in [0.15, 0.2) is 36.7 Å². The number of amides is 1. The highest BCUT2D eigenvalue weighted by Crippen LogP contribution is 2.47. The third-order valence-electron chi connectivity index (χ3n) is 14.7. The number of hydrogen-bond acceptors (Lipinski definition) is 8. The lowest BCUT2D eigenvalue weighted by atomic mass is 9.85. The number of fused-ring (bicyclic) bond motifs is 12. The Morgan fingerprint density at radius 3 is 1.72 bits per heavy atom. The number of aromatic nitrogens is 6. The Hall–Kier alpha value is -4.95. The van der Waals surface area contributed by atoms with Gasteiger partial charge in [0.2, 0.25) is 5.91 Å². The number of morpholine rings is 2. The number of aromatic amines is 4. The van der Waals surface area contributed by atoms with Crippen molar-refractivity contribution in [3.05, 3.63) is 70.0 Å². The minimum absolute atomic E-state index is 0.163. The molecule has 0 atom stereocenters. The highest BCUT2D eigenvalue weighted by atomic mass is 16.5. The van der Waals surface area contributed by atoms with Gasteiger partial charge in [0, 0.05) is 97.5 Å². The Kier molecular flexibility index (Phi) is 9.67. The van der Waals surface area contributed by atoms with Crippen LogP contribution in [0.2, 0.25) is 0 Å². The van der Waals surface area contributed by atoms with Gasteiger partial charge in [-0.3, -0.25) is 24.8 Å². The average molecular weight is 825 g/mol. The molecular formula is C48H60N10O3. The third-order valence-corrected chi connectivity index (χ3v) is 14.7. The van der Waals surface area contributed by atoms with Crippen molar-refractivity contribution in [1.29, 1.82) is 0 Å². The number of hydrogen-bond donors (Lipinski definition) is 4. The fraction of sp³-hybridized carbons (Fsp3) is 0.521. The summed E-state index contributed by atoms with van der Waals surface area (Å²) in [6.07, 6.45) is 10.5. The number of nitrogens with zero attached hydrogens (tertiary/aromatic N) is 6. The van der Waals surface area contributed by atoms with Crippen LogP contribution in [0.3, 0.4) is 0 Å². The van der Waals surface area contributed by atoms with Crippen LogP contribution in [0.5, 0.6) is 0 Å².